The van der Waals surface area contributed by atoms with Gasteiger partial charge >= 0.3 is 0 Å². The third-order valence-corrected chi connectivity index (χ3v) is 1.57. The van der Waals surface area contributed by atoms with Gasteiger partial charge in [-0.3, -0.25) is 0 Å². The summed E-state index contributed by atoms with van der Waals surface area (Å²) in [7, 11) is 0. The Labute approximate surface area is 76.3 Å². The first-order valence-corrected chi connectivity index (χ1v) is 4.86. The molecule has 0 saturated carbocycles. The number of ether oxygens (including phenoxy) is 2. The van der Waals surface area contributed by atoms with Crippen molar-refractivity contribution in [3.63, 3.8) is 0 Å². The molecule has 0 aliphatic heterocycles. The molecule has 0 unspecified atom stereocenters. The molecule has 0 fully saturated rings. The molecule has 2 heteroatoms. The molecule has 2 nitrogen and oxygen atoms in total. The monoisotopic (exact) mass is 173 g/mol. The molecule has 0 amide bonds. The van der Waals surface area contributed by atoms with Crippen molar-refractivity contribution < 1.29 is 9.47 Å². The number of hydrogen-bond acceptors (Lipinski definition) is 2. The first-order valence-electron chi connectivity index (χ1n) is 4.86. The van der Waals surface area contributed by atoms with Crippen LogP contribution >= 0.6 is 0 Å². The van der Waals surface area contributed by atoms with Gasteiger partial charge in [0.1, 0.15) is 0 Å². The highest BCUT2D eigenvalue weighted by Crippen LogP contribution is 1.93. The minimum atomic E-state index is 0.822. The second-order valence-electron chi connectivity index (χ2n) is 2.72. The van der Waals surface area contributed by atoms with Crippen LogP contribution < -0.4 is 0 Å². The molecule has 0 spiro atoms. The lowest BCUT2D eigenvalue weighted by atomic mass is 10.3. The maximum absolute atomic E-state index is 5.36. The fourth-order valence-corrected chi connectivity index (χ4v) is 0.859. The fourth-order valence-electron chi connectivity index (χ4n) is 0.859. The Kier molecular flexibility index (Phi) is 10.8. The van der Waals surface area contributed by atoms with E-state index in [1.165, 1.54) is 0 Å². The lowest BCUT2D eigenvalue weighted by Gasteiger charge is -2.03. The van der Waals surface area contributed by atoms with E-state index in [1.807, 2.05) is 6.92 Å². The summed E-state index contributed by atoms with van der Waals surface area (Å²) in [5.74, 6) is 0. The van der Waals surface area contributed by atoms with Crippen LogP contribution in [0.5, 0.6) is 0 Å². The molecule has 0 heterocycles. The van der Waals surface area contributed by atoms with Gasteiger partial charge in [-0.15, -0.1) is 0 Å². The number of rotatable bonds is 9. The minimum absolute atomic E-state index is 0.822. The summed E-state index contributed by atoms with van der Waals surface area (Å²) in [6, 6.07) is 0. The van der Waals surface area contributed by atoms with Gasteiger partial charge in [-0.1, -0.05) is 13.3 Å². The molecule has 0 aromatic rings. The van der Waals surface area contributed by atoms with Gasteiger partial charge in [-0.2, -0.15) is 0 Å². The van der Waals surface area contributed by atoms with Crippen molar-refractivity contribution in [1.82, 2.24) is 0 Å². The number of hydrogen-bond donors (Lipinski definition) is 0. The first kappa shape index (κ1) is 11.9. The molecule has 0 aromatic heterocycles. The molecule has 12 heavy (non-hydrogen) atoms. The van der Waals surface area contributed by atoms with E-state index in [0.29, 0.717) is 0 Å². The van der Waals surface area contributed by atoms with Gasteiger partial charge in [0.25, 0.3) is 0 Å². The van der Waals surface area contributed by atoms with Gasteiger partial charge in [0.05, 0.1) is 0 Å². The van der Waals surface area contributed by atoms with Crippen molar-refractivity contribution in [2.75, 3.05) is 26.4 Å². The van der Waals surface area contributed by atoms with Crippen LogP contribution in [0.1, 0.15) is 32.6 Å². The smallest absolute Gasteiger partial charge is 0.0466 e. The van der Waals surface area contributed by atoms with E-state index in [0.717, 1.165) is 52.1 Å². The van der Waals surface area contributed by atoms with Crippen molar-refractivity contribution in [3.8, 4) is 0 Å². The van der Waals surface area contributed by atoms with Crippen molar-refractivity contribution >= 4 is 0 Å². The first-order chi connectivity index (χ1) is 5.91. The second kappa shape index (κ2) is 10.9. The largest absolute Gasteiger partial charge is 0.382 e. The third kappa shape index (κ3) is 9.92. The molecule has 0 saturated heterocycles. The summed E-state index contributed by atoms with van der Waals surface area (Å²) in [6.07, 6.45) is 4.26. The van der Waals surface area contributed by atoms with Crippen LogP contribution in [0.3, 0.4) is 0 Å². The molecule has 0 atom stereocenters. The van der Waals surface area contributed by atoms with Gasteiger partial charge in [0.15, 0.2) is 0 Å². The molecular weight excluding hydrogens is 152 g/mol. The molecule has 73 valence electrons. The zero-order valence-electron chi connectivity index (χ0n) is 8.18. The van der Waals surface area contributed by atoms with Crippen molar-refractivity contribution in [1.29, 1.82) is 0 Å². The third-order valence-electron chi connectivity index (χ3n) is 1.57. The van der Waals surface area contributed by atoms with E-state index in [2.05, 4.69) is 6.92 Å². The SMILES string of the molecule is [CH2]CCCOCCCCOCC. The topological polar surface area (TPSA) is 18.5 Å². The zero-order chi connectivity index (χ0) is 9.07. The standard InChI is InChI=1S/C10H21O2/c1-3-5-8-12-10-7-6-9-11-4-2/h1,3-10H2,2H3. The Morgan fingerprint density at radius 2 is 1.50 bits per heavy atom. The second-order valence-corrected chi connectivity index (χ2v) is 2.72. The minimum Gasteiger partial charge on any atom is -0.382 e. The Hall–Kier alpha value is -0.0800. The summed E-state index contributed by atoms with van der Waals surface area (Å²) in [4.78, 5) is 0. The van der Waals surface area contributed by atoms with Crippen LogP contribution in [0.2, 0.25) is 0 Å². The molecule has 1 radical (unpaired) electrons. The molecule has 0 rings (SSSR count). The lowest BCUT2D eigenvalue weighted by molar-refractivity contribution is 0.107. The lowest BCUT2D eigenvalue weighted by Crippen LogP contribution is -1.99. The maximum atomic E-state index is 5.36. The Balaban J connectivity index is 2.73. The highest BCUT2D eigenvalue weighted by molar-refractivity contribution is 4.41. The number of unbranched alkanes of at least 4 members (excludes halogenated alkanes) is 2. The van der Waals surface area contributed by atoms with E-state index in [1.54, 1.807) is 0 Å². The summed E-state index contributed by atoms with van der Waals surface area (Å²) in [5.41, 5.74) is 0. The van der Waals surface area contributed by atoms with Crippen LogP contribution in [-0.2, 0) is 9.47 Å². The Morgan fingerprint density at radius 3 is 2.08 bits per heavy atom. The van der Waals surface area contributed by atoms with Gasteiger partial charge in [0.2, 0.25) is 0 Å². The molecule has 0 aliphatic rings. The highest BCUT2D eigenvalue weighted by atomic mass is 16.5. The van der Waals surface area contributed by atoms with Crippen LogP contribution in [-0.4, -0.2) is 26.4 Å². The normalized spacial score (nSPS) is 10.5. The molecule has 0 bridgehead atoms. The summed E-state index contributed by atoms with van der Waals surface area (Å²) < 4.78 is 10.6. The Bertz CT molecular complexity index is 64.2. The zero-order valence-corrected chi connectivity index (χ0v) is 8.18. The average Bonchev–Trinajstić information content (AvgIpc) is 2.10. The Morgan fingerprint density at radius 1 is 0.917 bits per heavy atom. The van der Waals surface area contributed by atoms with E-state index in [9.17, 15) is 0 Å². The fraction of sp³-hybridized carbons (Fsp3) is 0.900. The van der Waals surface area contributed by atoms with E-state index in [4.69, 9.17) is 9.47 Å². The van der Waals surface area contributed by atoms with Gasteiger partial charge in [-0.25, -0.2) is 0 Å². The average molecular weight is 173 g/mol. The maximum Gasteiger partial charge on any atom is 0.0466 e. The predicted octanol–water partition coefficient (Wildman–Crippen LogP) is 2.43. The quantitative estimate of drug-likeness (QED) is 0.499. The molecule has 0 N–H and O–H groups in total. The molecule has 0 aromatic carbocycles. The van der Waals surface area contributed by atoms with Crippen molar-refractivity contribution in [2.45, 2.75) is 32.6 Å². The van der Waals surface area contributed by atoms with E-state index in [-0.39, 0.29) is 0 Å². The summed E-state index contributed by atoms with van der Waals surface area (Å²) in [6.45, 7) is 9.18. The summed E-state index contributed by atoms with van der Waals surface area (Å²) in [5, 5.41) is 0. The van der Waals surface area contributed by atoms with Gasteiger partial charge in [0, 0.05) is 26.4 Å². The van der Waals surface area contributed by atoms with Crippen LogP contribution in [0.25, 0.3) is 0 Å². The van der Waals surface area contributed by atoms with Gasteiger partial charge < -0.3 is 9.47 Å². The van der Waals surface area contributed by atoms with Crippen LogP contribution in [0.15, 0.2) is 0 Å². The van der Waals surface area contributed by atoms with E-state index < -0.39 is 0 Å². The van der Waals surface area contributed by atoms with Crippen LogP contribution in [0.4, 0.5) is 0 Å². The highest BCUT2D eigenvalue weighted by Gasteiger charge is 1.89. The predicted molar refractivity (Wildman–Crippen MR) is 51.1 cm³/mol. The van der Waals surface area contributed by atoms with Crippen molar-refractivity contribution in [2.24, 2.45) is 0 Å². The molecule has 0 aliphatic carbocycles. The van der Waals surface area contributed by atoms with Crippen molar-refractivity contribution in [3.05, 3.63) is 6.92 Å². The summed E-state index contributed by atoms with van der Waals surface area (Å²) >= 11 is 0. The molecular formula is C10H21O2. The van der Waals surface area contributed by atoms with Gasteiger partial charge in [-0.05, 0) is 26.2 Å². The van der Waals surface area contributed by atoms with Crippen LogP contribution in [0, 0.1) is 6.92 Å². The van der Waals surface area contributed by atoms with E-state index >= 15 is 0 Å².